The number of nitrogens with one attached hydrogen (secondary N) is 3. The maximum absolute atomic E-state index is 13.2. The van der Waals surface area contributed by atoms with E-state index in [1.807, 2.05) is 31.2 Å². The van der Waals surface area contributed by atoms with Crippen molar-refractivity contribution in [3.63, 3.8) is 0 Å². The van der Waals surface area contributed by atoms with Crippen LogP contribution in [0, 0.1) is 18.7 Å². The van der Waals surface area contributed by atoms with Gasteiger partial charge in [-0.2, -0.15) is 0 Å². The predicted octanol–water partition coefficient (Wildman–Crippen LogP) is 2.07. The summed E-state index contributed by atoms with van der Waals surface area (Å²) >= 11 is 0. The quantitative estimate of drug-likeness (QED) is 0.646. The number of nitrogens with zero attached hydrogens (tertiary/aromatic N) is 2. The fraction of sp³-hybridized carbons (Fsp3) is 0.300. The molecular weight excluding hydrogens is 345 g/mol. The third-order valence-corrected chi connectivity index (χ3v) is 5.03. The molecule has 2 aromatic carbocycles. The highest BCUT2D eigenvalue weighted by atomic mass is 19.1. The molecular formula is C20H22FN5O. The standard InChI is InChI=1S/C20H22FN5O/c1-13-24-17-4-2-3-5-18(17)26(13)11-10-22-20(27)16-12-23-25-19(16)14-6-8-15(21)9-7-14/h2-9,16,19,23,25H,10-12H2,1H3,(H,22,27). The van der Waals surface area contributed by atoms with Crippen LogP contribution in [-0.2, 0) is 11.3 Å². The number of aryl methyl sites for hydroxylation is 1. The lowest BCUT2D eigenvalue weighted by Gasteiger charge is -2.18. The fourth-order valence-electron chi connectivity index (χ4n) is 3.63. The summed E-state index contributed by atoms with van der Waals surface area (Å²) in [6.07, 6.45) is 0. The van der Waals surface area contributed by atoms with Gasteiger partial charge in [0.15, 0.2) is 0 Å². The Morgan fingerprint density at radius 3 is 2.85 bits per heavy atom. The van der Waals surface area contributed by atoms with E-state index < -0.39 is 0 Å². The van der Waals surface area contributed by atoms with E-state index in [0.717, 1.165) is 22.4 Å². The van der Waals surface area contributed by atoms with Gasteiger partial charge in [-0.05, 0) is 36.8 Å². The smallest absolute Gasteiger partial charge is 0.226 e. The number of hydrazine groups is 1. The average molecular weight is 367 g/mol. The Morgan fingerprint density at radius 1 is 1.26 bits per heavy atom. The van der Waals surface area contributed by atoms with Gasteiger partial charge >= 0.3 is 0 Å². The molecule has 3 N–H and O–H groups in total. The van der Waals surface area contributed by atoms with E-state index in [1.54, 1.807) is 12.1 Å². The van der Waals surface area contributed by atoms with Crippen molar-refractivity contribution in [1.82, 2.24) is 25.7 Å². The van der Waals surface area contributed by atoms with E-state index >= 15 is 0 Å². The second-order valence-corrected chi connectivity index (χ2v) is 6.75. The first kappa shape index (κ1) is 17.6. The second kappa shape index (κ2) is 7.46. The number of carbonyl (C=O) groups is 1. The Bertz CT molecular complexity index is 953. The molecule has 1 fully saturated rings. The van der Waals surface area contributed by atoms with Gasteiger partial charge in [-0.1, -0.05) is 24.3 Å². The third kappa shape index (κ3) is 3.56. The van der Waals surface area contributed by atoms with Crippen LogP contribution in [0.4, 0.5) is 4.39 Å². The van der Waals surface area contributed by atoms with Crippen LogP contribution in [0.2, 0.25) is 0 Å². The molecule has 2 heterocycles. The Hall–Kier alpha value is -2.77. The Balaban J connectivity index is 1.40. The number of carbonyl (C=O) groups excluding carboxylic acids is 1. The number of aromatic nitrogens is 2. The molecule has 6 nitrogen and oxygen atoms in total. The zero-order valence-corrected chi connectivity index (χ0v) is 15.1. The number of imidazole rings is 1. The number of para-hydroxylation sites is 2. The Kier molecular flexibility index (Phi) is 4.87. The van der Waals surface area contributed by atoms with Crippen LogP contribution in [0.25, 0.3) is 11.0 Å². The number of fused-ring (bicyclic) bond motifs is 1. The zero-order valence-electron chi connectivity index (χ0n) is 15.1. The molecule has 27 heavy (non-hydrogen) atoms. The van der Waals surface area contributed by atoms with Gasteiger partial charge in [-0.3, -0.25) is 10.2 Å². The van der Waals surface area contributed by atoms with Crippen molar-refractivity contribution in [2.24, 2.45) is 5.92 Å². The van der Waals surface area contributed by atoms with E-state index in [9.17, 15) is 9.18 Å². The summed E-state index contributed by atoms with van der Waals surface area (Å²) < 4.78 is 15.3. The summed E-state index contributed by atoms with van der Waals surface area (Å²) in [6.45, 7) is 3.68. The van der Waals surface area contributed by atoms with Crippen molar-refractivity contribution in [3.05, 3.63) is 65.7 Å². The van der Waals surface area contributed by atoms with E-state index in [0.29, 0.717) is 19.6 Å². The summed E-state index contributed by atoms with van der Waals surface area (Å²) in [6, 6.07) is 14.0. The van der Waals surface area contributed by atoms with Crippen LogP contribution >= 0.6 is 0 Å². The highest BCUT2D eigenvalue weighted by molar-refractivity contribution is 5.80. The maximum atomic E-state index is 13.2. The van der Waals surface area contributed by atoms with Crippen LogP contribution in [0.1, 0.15) is 17.4 Å². The number of hydrogen-bond acceptors (Lipinski definition) is 4. The molecule has 1 aliphatic heterocycles. The Morgan fingerprint density at radius 2 is 2.04 bits per heavy atom. The number of halogens is 1. The van der Waals surface area contributed by atoms with Gasteiger partial charge in [0.2, 0.25) is 5.91 Å². The van der Waals surface area contributed by atoms with Crippen LogP contribution in [0.5, 0.6) is 0 Å². The molecule has 2 atom stereocenters. The lowest BCUT2D eigenvalue weighted by molar-refractivity contribution is -0.124. The molecule has 0 radical (unpaired) electrons. The minimum atomic E-state index is -0.284. The summed E-state index contributed by atoms with van der Waals surface area (Å²) in [5.41, 5.74) is 9.06. The lowest BCUT2D eigenvalue weighted by atomic mass is 9.94. The molecule has 7 heteroatoms. The van der Waals surface area contributed by atoms with Crippen LogP contribution in [0.15, 0.2) is 48.5 Å². The van der Waals surface area contributed by atoms with E-state index in [4.69, 9.17) is 0 Å². The first-order valence-electron chi connectivity index (χ1n) is 9.07. The highest BCUT2D eigenvalue weighted by Gasteiger charge is 2.33. The summed E-state index contributed by atoms with van der Waals surface area (Å²) in [7, 11) is 0. The SMILES string of the molecule is Cc1nc2ccccc2n1CCNC(=O)C1CNNC1c1ccc(F)cc1. The van der Waals surface area contributed by atoms with Crippen LogP contribution < -0.4 is 16.2 Å². The summed E-state index contributed by atoms with van der Waals surface area (Å²) in [4.78, 5) is 17.2. The molecule has 1 saturated heterocycles. The van der Waals surface area contributed by atoms with Crippen molar-refractivity contribution in [2.75, 3.05) is 13.1 Å². The van der Waals surface area contributed by atoms with Crippen molar-refractivity contribution in [2.45, 2.75) is 19.5 Å². The average Bonchev–Trinajstić information content (AvgIpc) is 3.27. The van der Waals surface area contributed by atoms with Crippen LogP contribution in [-0.4, -0.2) is 28.5 Å². The maximum Gasteiger partial charge on any atom is 0.226 e. The molecule has 0 bridgehead atoms. The molecule has 1 aliphatic rings. The molecule has 0 spiro atoms. The topological polar surface area (TPSA) is 71.0 Å². The van der Waals surface area contributed by atoms with Crippen molar-refractivity contribution in [3.8, 4) is 0 Å². The van der Waals surface area contributed by atoms with Crippen molar-refractivity contribution in [1.29, 1.82) is 0 Å². The highest BCUT2D eigenvalue weighted by Crippen LogP contribution is 2.25. The second-order valence-electron chi connectivity index (χ2n) is 6.75. The van der Waals surface area contributed by atoms with Gasteiger partial charge in [0, 0.05) is 19.6 Å². The molecule has 1 amide bonds. The minimum absolute atomic E-state index is 0.0242. The molecule has 2 unspecified atom stereocenters. The summed E-state index contributed by atoms with van der Waals surface area (Å²) in [5, 5.41) is 3.02. The van der Waals surface area contributed by atoms with Crippen LogP contribution in [0.3, 0.4) is 0 Å². The van der Waals surface area contributed by atoms with E-state index in [1.165, 1.54) is 12.1 Å². The molecule has 0 saturated carbocycles. The molecule has 1 aromatic heterocycles. The summed E-state index contributed by atoms with van der Waals surface area (Å²) in [5.74, 6) is 0.368. The van der Waals surface area contributed by atoms with Crippen molar-refractivity contribution < 1.29 is 9.18 Å². The van der Waals surface area contributed by atoms with Gasteiger partial charge in [-0.25, -0.2) is 14.8 Å². The van der Waals surface area contributed by atoms with E-state index in [-0.39, 0.29) is 23.7 Å². The number of rotatable bonds is 5. The van der Waals surface area contributed by atoms with Gasteiger partial charge < -0.3 is 9.88 Å². The molecule has 3 aromatic rings. The molecule has 4 rings (SSSR count). The van der Waals surface area contributed by atoms with Crippen molar-refractivity contribution >= 4 is 16.9 Å². The van der Waals surface area contributed by atoms with E-state index in [2.05, 4.69) is 25.7 Å². The largest absolute Gasteiger partial charge is 0.354 e. The monoisotopic (exact) mass is 367 g/mol. The minimum Gasteiger partial charge on any atom is -0.354 e. The number of amides is 1. The number of benzene rings is 2. The Labute approximate surface area is 156 Å². The zero-order chi connectivity index (χ0) is 18.8. The van der Waals surface area contributed by atoms with Gasteiger partial charge in [0.05, 0.1) is 23.0 Å². The van der Waals surface area contributed by atoms with Gasteiger partial charge in [-0.15, -0.1) is 0 Å². The molecule has 140 valence electrons. The van der Waals surface area contributed by atoms with Gasteiger partial charge in [0.1, 0.15) is 11.6 Å². The molecule has 0 aliphatic carbocycles. The van der Waals surface area contributed by atoms with Gasteiger partial charge in [0.25, 0.3) is 0 Å². The normalized spacial score (nSPS) is 19.5. The lowest BCUT2D eigenvalue weighted by Crippen LogP contribution is -2.36. The first-order valence-corrected chi connectivity index (χ1v) is 9.07. The first-order chi connectivity index (χ1) is 13.1. The number of hydrogen-bond donors (Lipinski definition) is 3. The fourth-order valence-corrected chi connectivity index (χ4v) is 3.63. The predicted molar refractivity (Wildman–Crippen MR) is 101 cm³/mol. The third-order valence-electron chi connectivity index (χ3n) is 5.03.